The molecule has 0 saturated heterocycles. The molecule has 5 heterocycles. The van der Waals surface area contributed by atoms with E-state index >= 15 is 17.6 Å². The van der Waals surface area contributed by atoms with Crippen LogP contribution in [0.3, 0.4) is 0 Å². The van der Waals surface area contributed by atoms with E-state index in [2.05, 4.69) is 0 Å². The van der Waals surface area contributed by atoms with Crippen LogP contribution in [0.5, 0.6) is 0 Å². The van der Waals surface area contributed by atoms with Crippen LogP contribution in [-0.4, -0.2) is 0 Å². The molecule has 2 aliphatic heterocycles. The largest absolute Gasteiger partial charge is 0.450 e. The molecule has 1 aliphatic carbocycles. The third-order valence-electron chi connectivity index (χ3n) is 8.64. The topological polar surface area (TPSA) is 11.6 Å². The number of aromatic nitrogens is 3. The zero-order valence-electron chi connectivity index (χ0n) is 22.7. The average Bonchev–Trinajstić information content (AvgIpc) is 3.45. The minimum absolute atomic E-state index is 0.324. The fourth-order valence-electron chi connectivity index (χ4n) is 7.03. The second-order valence-electron chi connectivity index (χ2n) is 10.9. The Morgan fingerprint density at radius 2 is 1.09 bits per heavy atom. The zero-order valence-corrected chi connectivity index (χ0v) is 24.3. The lowest BCUT2D eigenvalue weighted by Gasteiger charge is -2.30. The van der Waals surface area contributed by atoms with Crippen LogP contribution >= 0.6 is 23.5 Å². The summed E-state index contributed by atoms with van der Waals surface area (Å²) in [5.74, 6) is -2.62. The van der Waals surface area contributed by atoms with E-state index < -0.39 is 33.1 Å². The lowest BCUT2D eigenvalue weighted by Crippen LogP contribution is -2.73. The Morgan fingerprint density at radius 1 is 0.500 bits per heavy atom. The first-order chi connectivity index (χ1) is 21.4. The van der Waals surface area contributed by atoms with Gasteiger partial charge in [-0.3, -0.25) is 0 Å². The van der Waals surface area contributed by atoms with Gasteiger partial charge < -0.3 is 0 Å². The highest BCUT2D eigenvalue weighted by Crippen LogP contribution is 2.58. The molecule has 3 aliphatic rings. The van der Waals surface area contributed by atoms with Gasteiger partial charge in [-0.15, -0.1) is 9.13 Å². The van der Waals surface area contributed by atoms with Gasteiger partial charge in [0, 0.05) is 71.4 Å². The van der Waals surface area contributed by atoms with Crippen molar-refractivity contribution in [3.8, 4) is 22.4 Å². The van der Waals surface area contributed by atoms with Gasteiger partial charge in [0.05, 0.1) is 5.56 Å². The Labute approximate surface area is 258 Å². The Morgan fingerprint density at radius 3 is 1.86 bits per heavy atom. The number of nitrogens with zero attached hydrogens (tertiary/aromatic N) is 3. The second-order valence-corrected chi connectivity index (χ2v) is 13.3. The number of rotatable bonds is 0. The van der Waals surface area contributed by atoms with Crippen LogP contribution in [0.25, 0.3) is 22.4 Å². The van der Waals surface area contributed by atoms with Crippen molar-refractivity contribution in [1.82, 2.24) is 0 Å². The first-order valence-corrected chi connectivity index (χ1v) is 15.6. The Hall–Kier alpha value is -4.47. The minimum atomic E-state index is -1.18. The van der Waals surface area contributed by atoms with E-state index in [-0.39, 0.29) is 0 Å². The summed E-state index contributed by atoms with van der Waals surface area (Å²) in [5, 5.41) is 1.46. The Kier molecular flexibility index (Phi) is 5.33. The molecule has 9 rings (SSSR count). The van der Waals surface area contributed by atoms with Crippen molar-refractivity contribution in [2.75, 3.05) is 0 Å². The third-order valence-corrected chi connectivity index (χ3v) is 11.6. The molecule has 0 N–H and O–H groups in total. The fraction of sp³-hybridized carbons (Fsp3) is 0.0571. The maximum Gasteiger partial charge on any atom is 0.450 e. The molecule has 3 nitrogen and oxygen atoms in total. The predicted octanol–water partition coefficient (Wildman–Crippen LogP) is 6.92. The van der Waals surface area contributed by atoms with Gasteiger partial charge in [-0.05, 0) is 35.9 Å². The van der Waals surface area contributed by atoms with Gasteiger partial charge in [0.1, 0.15) is 46.2 Å². The average molecular weight is 623 g/mol. The van der Waals surface area contributed by atoms with Gasteiger partial charge in [-0.2, -0.15) is 4.57 Å². The van der Waals surface area contributed by atoms with E-state index in [1.54, 1.807) is 0 Å². The summed E-state index contributed by atoms with van der Waals surface area (Å²) >= 11 is 2.86. The molecular weight excluding hydrogens is 603 g/mol. The van der Waals surface area contributed by atoms with Crippen molar-refractivity contribution < 1.29 is 31.3 Å². The number of hydrogen-bond donors (Lipinski definition) is 0. The van der Waals surface area contributed by atoms with Crippen molar-refractivity contribution >= 4 is 23.5 Å². The molecule has 0 amide bonds. The first-order valence-electron chi connectivity index (χ1n) is 13.9. The molecule has 0 bridgehead atoms. The molecule has 2 spiro atoms. The molecule has 212 valence electrons. The van der Waals surface area contributed by atoms with Crippen LogP contribution in [0.1, 0.15) is 16.7 Å². The number of pyridine rings is 3. The molecule has 0 radical (unpaired) electrons. The standard InChI is InChI=1S/C35H20F4N3S2/c36-21-17-25-32(27(38)19-21)23-9-1-2-10-24(23)34(25)41-15-7-4-12-30(41)44-35(42-16-8-5-13-31(42)43-34)26-18-22(37)20-28(39)33(26)29-11-3-6-14-40(29)35/h1-20H/q+3/t34-,35-/m0/s1. The number of halogens is 4. The summed E-state index contributed by atoms with van der Waals surface area (Å²) in [6.07, 6.45) is 5.69. The van der Waals surface area contributed by atoms with Crippen LogP contribution in [0, 0.1) is 23.3 Å². The van der Waals surface area contributed by atoms with Crippen LogP contribution in [0.4, 0.5) is 17.6 Å². The molecule has 0 fully saturated rings. The van der Waals surface area contributed by atoms with Crippen LogP contribution < -0.4 is 13.7 Å². The van der Waals surface area contributed by atoms with Gasteiger partial charge in [-0.1, -0.05) is 24.3 Å². The van der Waals surface area contributed by atoms with Gasteiger partial charge >= 0.3 is 4.99 Å². The molecule has 0 saturated carbocycles. The van der Waals surface area contributed by atoms with Gasteiger partial charge in [-0.25, -0.2) is 17.6 Å². The summed E-state index contributed by atoms with van der Waals surface area (Å²) in [6, 6.07) is 29.2. The number of thioether (sulfide) groups is 2. The quantitative estimate of drug-likeness (QED) is 0.135. The summed E-state index contributed by atoms with van der Waals surface area (Å²) in [5.41, 5.74) is 3.74. The van der Waals surface area contributed by atoms with Crippen molar-refractivity contribution in [3.05, 3.63) is 162 Å². The highest BCUT2D eigenvalue weighted by Gasteiger charge is 2.68. The number of hydrogen-bond acceptors (Lipinski definition) is 2. The fourth-order valence-corrected chi connectivity index (χ4v) is 10.2. The summed E-state index contributed by atoms with van der Waals surface area (Å²) in [6.45, 7) is 0. The second kappa shape index (κ2) is 9.03. The Bertz CT molecular complexity index is 2070. The van der Waals surface area contributed by atoms with Crippen molar-refractivity contribution in [2.45, 2.75) is 19.9 Å². The summed E-state index contributed by atoms with van der Waals surface area (Å²) in [7, 11) is 0. The van der Waals surface area contributed by atoms with Gasteiger partial charge in [0.2, 0.25) is 5.69 Å². The van der Waals surface area contributed by atoms with Crippen molar-refractivity contribution in [2.24, 2.45) is 0 Å². The number of fused-ring (bicyclic) bond motifs is 14. The van der Waals surface area contributed by atoms with E-state index in [9.17, 15) is 0 Å². The summed E-state index contributed by atoms with van der Waals surface area (Å²) in [4.78, 5) is -2.29. The van der Waals surface area contributed by atoms with E-state index in [0.29, 0.717) is 33.5 Å². The maximum atomic E-state index is 15.7. The Balaban J connectivity index is 1.44. The van der Waals surface area contributed by atoms with Gasteiger partial charge in [0.15, 0.2) is 18.6 Å². The van der Waals surface area contributed by atoms with Crippen molar-refractivity contribution in [3.63, 3.8) is 0 Å². The van der Waals surface area contributed by atoms with Gasteiger partial charge in [0.25, 0.3) is 14.9 Å². The molecule has 6 aromatic rings. The third kappa shape index (κ3) is 3.18. The predicted molar refractivity (Wildman–Crippen MR) is 157 cm³/mol. The van der Waals surface area contributed by atoms with E-state index in [1.807, 2.05) is 111 Å². The molecule has 3 aromatic carbocycles. The molecule has 9 heteroatoms. The first kappa shape index (κ1) is 26.0. The van der Waals surface area contributed by atoms with Crippen LogP contribution in [-0.2, 0) is 9.87 Å². The molecule has 0 unspecified atom stereocenters. The smallest absolute Gasteiger partial charge is 0.207 e. The van der Waals surface area contributed by atoms with Crippen LogP contribution in [0.15, 0.2) is 132 Å². The van der Waals surface area contributed by atoms with Crippen molar-refractivity contribution in [1.29, 1.82) is 0 Å². The molecule has 2 atom stereocenters. The normalized spacial score (nSPS) is 20.3. The zero-order chi connectivity index (χ0) is 29.8. The SMILES string of the molecule is Fc1cc(F)c2c(c1)[C@@]1(Sc3cccc[n+]3[C@]3(Sc4cccc[n+]41)c1cc(F)cc(F)c1-c1cccc[n+]13)c1ccccc1-2. The summed E-state index contributed by atoms with van der Waals surface area (Å²) < 4.78 is 67.8. The maximum absolute atomic E-state index is 15.7. The monoisotopic (exact) mass is 622 g/mol. The highest BCUT2D eigenvalue weighted by molar-refractivity contribution is 8.00. The van der Waals surface area contributed by atoms with E-state index in [0.717, 1.165) is 27.7 Å². The molecular formula is C35H20F4N3S2+3. The lowest BCUT2D eigenvalue weighted by atomic mass is 10.0. The molecule has 44 heavy (non-hydrogen) atoms. The number of benzene rings is 3. The van der Waals surface area contributed by atoms with Crippen LogP contribution in [0.2, 0.25) is 0 Å². The minimum Gasteiger partial charge on any atom is -0.207 e. The highest BCUT2D eigenvalue weighted by atomic mass is 32.2. The van der Waals surface area contributed by atoms with E-state index in [4.69, 9.17) is 0 Å². The molecule has 3 aromatic heterocycles. The van der Waals surface area contributed by atoms with E-state index in [1.165, 1.54) is 35.7 Å². The lowest BCUT2D eigenvalue weighted by molar-refractivity contribution is -0.961.